The third-order valence-electron chi connectivity index (χ3n) is 2.11. The van der Waals surface area contributed by atoms with Gasteiger partial charge in [-0.15, -0.1) is 0 Å². The number of fused-ring (bicyclic) bond motifs is 1. The second-order valence-corrected chi connectivity index (χ2v) is 3.37. The first-order valence-electron chi connectivity index (χ1n) is 4.87. The smallest absolute Gasteiger partial charge is 0.280 e. The minimum absolute atomic E-state index is 0.209. The van der Waals surface area contributed by atoms with Crippen molar-refractivity contribution in [1.29, 1.82) is 0 Å². The van der Waals surface area contributed by atoms with E-state index in [9.17, 15) is 4.79 Å². The van der Waals surface area contributed by atoms with E-state index in [4.69, 9.17) is 0 Å². The summed E-state index contributed by atoms with van der Waals surface area (Å²) < 4.78 is 1.72. The van der Waals surface area contributed by atoms with Gasteiger partial charge < -0.3 is 9.88 Å². The molecule has 2 aromatic rings. The van der Waals surface area contributed by atoms with E-state index in [0.29, 0.717) is 17.1 Å². The quantitative estimate of drug-likeness (QED) is 0.767. The maximum atomic E-state index is 11.6. The molecule has 0 spiro atoms. The molecule has 0 bridgehead atoms. The van der Waals surface area contributed by atoms with Crippen molar-refractivity contribution in [3.05, 3.63) is 16.7 Å². The van der Waals surface area contributed by atoms with Gasteiger partial charge in [0.25, 0.3) is 5.56 Å². The van der Waals surface area contributed by atoms with Crippen LogP contribution in [0.3, 0.4) is 0 Å². The highest BCUT2D eigenvalue weighted by Gasteiger charge is 2.07. The van der Waals surface area contributed by atoms with E-state index in [0.717, 1.165) is 13.0 Å². The van der Waals surface area contributed by atoms with Crippen LogP contribution >= 0.6 is 0 Å². The zero-order chi connectivity index (χ0) is 10.8. The van der Waals surface area contributed by atoms with Crippen LogP contribution in [0.5, 0.6) is 0 Å². The van der Waals surface area contributed by atoms with Crippen LogP contribution in [-0.2, 0) is 7.05 Å². The van der Waals surface area contributed by atoms with Crippen molar-refractivity contribution in [3.8, 4) is 0 Å². The van der Waals surface area contributed by atoms with Gasteiger partial charge in [0, 0.05) is 13.6 Å². The number of rotatable bonds is 3. The molecule has 0 fully saturated rings. The summed E-state index contributed by atoms with van der Waals surface area (Å²) in [6.45, 7) is 2.83. The van der Waals surface area contributed by atoms with Crippen molar-refractivity contribution in [3.63, 3.8) is 0 Å². The third-order valence-corrected chi connectivity index (χ3v) is 2.11. The Morgan fingerprint density at radius 1 is 1.60 bits per heavy atom. The van der Waals surface area contributed by atoms with Crippen molar-refractivity contribution in [1.82, 2.24) is 19.5 Å². The molecular formula is C9H13N5O. The summed E-state index contributed by atoms with van der Waals surface area (Å²) >= 11 is 0. The number of anilines is 1. The lowest BCUT2D eigenvalue weighted by Crippen LogP contribution is -2.14. The number of aromatic nitrogens is 4. The molecule has 2 N–H and O–H groups in total. The SMILES string of the molecule is CCCNc1nc2c(ncn2C)c(=O)[nH]1. The molecule has 0 amide bonds. The molecule has 80 valence electrons. The predicted octanol–water partition coefficient (Wildman–Crippen LogP) is 0.478. The van der Waals surface area contributed by atoms with Crippen molar-refractivity contribution in [2.45, 2.75) is 13.3 Å². The largest absolute Gasteiger partial charge is 0.356 e. The van der Waals surface area contributed by atoms with E-state index in [1.807, 2.05) is 14.0 Å². The van der Waals surface area contributed by atoms with Crippen molar-refractivity contribution < 1.29 is 0 Å². The molecule has 15 heavy (non-hydrogen) atoms. The minimum atomic E-state index is -0.209. The highest BCUT2D eigenvalue weighted by molar-refractivity contribution is 5.70. The average Bonchev–Trinajstić information content (AvgIpc) is 2.58. The molecule has 0 aliphatic heterocycles. The highest BCUT2D eigenvalue weighted by atomic mass is 16.1. The van der Waals surface area contributed by atoms with E-state index >= 15 is 0 Å². The van der Waals surface area contributed by atoms with Crippen LogP contribution < -0.4 is 10.9 Å². The number of nitrogens with one attached hydrogen (secondary N) is 2. The molecule has 2 rings (SSSR count). The van der Waals surface area contributed by atoms with Crippen LogP contribution in [0.1, 0.15) is 13.3 Å². The van der Waals surface area contributed by atoms with Crippen LogP contribution in [-0.4, -0.2) is 26.1 Å². The van der Waals surface area contributed by atoms with E-state index in [1.165, 1.54) is 0 Å². The number of H-pyrrole nitrogens is 1. The van der Waals surface area contributed by atoms with Gasteiger partial charge in [-0.2, -0.15) is 4.98 Å². The van der Waals surface area contributed by atoms with Gasteiger partial charge in [0.15, 0.2) is 11.2 Å². The first kappa shape index (κ1) is 9.70. The number of hydrogen-bond acceptors (Lipinski definition) is 4. The molecule has 0 atom stereocenters. The number of nitrogens with zero attached hydrogens (tertiary/aromatic N) is 3. The zero-order valence-corrected chi connectivity index (χ0v) is 8.74. The molecule has 6 heteroatoms. The predicted molar refractivity (Wildman–Crippen MR) is 57.9 cm³/mol. The molecule has 0 unspecified atom stereocenters. The second-order valence-electron chi connectivity index (χ2n) is 3.37. The van der Waals surface area contributed by atoms with Crippen LogP contribution in [0.4, 0.5) is 5.95 Å². The molecule has 0 aliphatic carbocycles. The Kier molecular flexibility index (Phi) is 2.40. The van der Waals surface area contributed by atoms with E-state index in [1.54, 1.807) is 10.9 Å². The summed E-state index contributed by atoms with van der Waals surface area (Å²) in [5.41, 5.74) is 0.760. The summed E-state index contributed by atoms with van der Waals surface area (Å²) in [5, 5.41) is 3.04. The van der Waals surface area contributed by atoms with Crippen LogP contribution in [0, 0.1) is 0 Å². The maximum Gasteiger partial charge on any atom is 0.280 e. The Hall–Kier alpha value is -1.85. The molecule has 0 aliphatic rings. The summed E-state index contributed by atoms with van der Waals surface area (Å²) in [6.07, 6.45) is 2.56. The summed E-state index contributed by atoms with van der Waals surface area (Å²) in [5.74, 6) is 0.498. The lowest BCUT2D eigenvalue weighted by molar-refractivity contribution is 0.917. The standard InChI is InChI=1S/C9H13N5O/c1-3-4-10-9-12-7-6(8(15)13-9)11-5-14(7)2/h5H,3-4H2,1-2H3,(H2,10,12,13,15). The first-order chi connectivity index (χ1) is 7.22. The van der Waals surface area contributed by atoms with Gasteiger partial charge in [-0.25, -0.2) is 4.98 Å². The average molecular weight is 207 g/mol. The Balaban J connectivity index is 2.50. The fourth-order valence-electron chi connectivity index (χ4n) is 1.34. The molecule has 0 saturated carbocycles. The Morgan fingerprint density at radius 2 is 2.40 bits per heavy atom. The van der Waals surface area contributed by atoms with E-state index in [-0.39, 0.29) is 5.56 Å². The Morgan fingerprint density at radius 3 is 3.13 bits per heavy atom. The fraction of sp³-hybridized carbons (Fsp3) is 0.444. The maximum absolute atomic E-state index is 11.6. The van der Waals surface area contributed by atoms with Crippen molar-refractivity contribution >= 4 is 17.1 Å². The minimum Gasteiger partial charge on any atom is -0.356 e. The monoisotopic (exact) mass is 207 g/mol. The van der Waals surface area contributed by atoms with Gasteiger partial charge in [-0.3, -0.25) is 9.78 Å². The van der Waals surface area contributed by atoms with Crippen LogP contribution in [0.25, 0.3) is 11.2 Å². The summed E-state index contributed by atoms with van der Waals surface area (Å²) in [7, 11) is 1.81. The molecule has 2 aromatic heterocycles. The normalized spacial score (nSPS) is 10.8. The lowest BCUT2D eigenvalue weighted by Gasteiger charge is -2.02. The van der Waals surface area contributed by atoms with Gasteiger partial charge in [0.2, 0.25) is 5.95 Å². The van der Waals surface area contributed by atoms with Crippen LogP contribution in [0.15, 0.2) is 11.1 Å². The van der Waals surface area contributed by atoms with Gasteiger partial charge >= 0.3 is 0 Å². The molecular weight excluding hydrogens is 194 g/mol. The topological polar surface area (TPSA) is 75.6 Å². The molecule has 2 heterocycles. The van der Waals surface area contributed by atoms with Crippen molar-refractivity contribution in [2.24, 2.45) is 7.05 Å². The van der Waals surface area contributed by atoms with Gasteiger partial charge in [0.1, 0.15) is 0 Å². The molecule has 6 nitrogen and oxygen atoms in total. The van der Waals surface area contributed by atoms with Gasteiger partial charge in [-0.05, 0) is 6.42 Å². The van der Waals surface area contributed by atoms with Gasteiger partial charge in [-0.1, -0.05) is 6.92 Å². The highest BCUT2D eigenvalue weighted by Crippen LogP contribution is 2.05. The molecule has 0 aromatic carbocycles. The fourth-order valence-corrected chi connectivity index (χ4v) is 1.34. The number of aryl methyl sites for hydroxylation is 1. The number of hydrogen-bond donors (Lipinski definition) is 2. The Labute approximate surface area is 86.4 Å². The van der Waals surface area contributed by atoms with E-state index < -0.39 is 0 Å². The zero-order valence-electron chi connectivity index (χ0n) is 8.74. The number of aromatic amines is 1. The van der Waals surface area contributed by atoms with Crippen LogP contribution in [0.2, 0.25) is 0 Å². The summed E-state index contributed by atoms with van der Waals surface area (Å²) in [4.78, 5) is 22.4. The Bertz CT molecular complexity index is 527. The van der Waals surface area contributed by atoms with Crippen molar-refractivity contribution in [2.75, 3.05) is 11.9 Å². The first-order valence-corrected chi connectivity index (χ1v) is 4.87. The van der Waals surface area contributed by atoms with E-state index in [2.05, 4.69) is 20.3 Å². The molecule has 0 radical (unpaired) electrons. The number of imidazole rings is 1. The lowest BCUT2D eigenvalue weighted by atomic mass is 10.5. The summed E-state index contributed by atoms with van der Waals surface area (Å²) in [6, 6.07) is 0. The van der Waals surface area contributed by atoms with Gasteiger partial charge in [0.05, 0.1) is 6.33 Å². The second kappa shape index (κ2) is 3.72. The molecule has 0 saturated heterocycles. The third kappa shape index (κ3) is 1.70.